The second-order valence-corrected chi connectivity index (χ2v) is 4.96. The Morgan fingerprint density at radius 3 is 1.65 bits per heavy atom. The van der Waals surface area contributed by atoms with Crippen molar-refractivity contribution >= 4 is 17.1 Å². The molecule has 0 bridgehead atoms. The van der Waals surface area contributed by atoms with Crippen LogP contribution in [0.4, 0.5) is 17.1 Å². The third kappa shape index (κ3) is 2.32. The number of benzene rings is 2. The lowest BCUT2D eigenvalue weighted by atomic mass is 10.2. The zero-order valence-electron chi connectivity index (χ0n) is 11.8. The molecule has 20 heavy (non-hydrogen) atoms. The summed E-state index contributed by atoms with van der Waals surface area (Å²) in [4.78, 5) is 2.27. The monoisotopic (exact) mass is 262 g/mol. The summed E-state index contributed by atoms with van der Waals surface area (Å²) in [6.45, 7) is 2.12. The average Bonchev–Trinajstić information content (AvgIpc) is 2.81. The normalized spacial score (nSPS) is 10.5. The van der Waals surface area contributed by atoms with Gasteiger partial charge in [0.25, 0.3) is 0 Å². The molecule has 1 heterocycles. The summed E-state index contributed by atoms with van der Waals surface area (Å²) >= 11 is 0. The molecule has 3 aromatic rings. The van der Waals surface area contributed by atoms with Gasteiger partial charge in [-0.05, 0) is 37.3 Å². The molecule has 0 saturated heterocycles. The summed E-state index contributed by atoms with van der Waals surface area (Å²) in [5.41, 5.74) is 4.77. The molecule has 2 heteroatoms. The van der Waals surface area contributed by atoms with Gasteiger partial charge < -0.3 is 9.47 Å². The molecular formula is C18H18N2. The number of para-hydroxylation sites is 2. The smallest absolute Gasteiger partial charge is 0.0640 e. The van der Waals surface area contributed by atoms with Crippen molar-refractivity contribution in [1.82, 2.24) is 4.57 Å². The van der Waals surface area contributed by atoms with Crippen LogP contribution in [0.3, 0.4) is 0 Å². The van der Waals surface area contributed by atoms with Crippen molar-refractivity contribution in [2.24, 2.45) is 7.05 Å². The molecule has 3 rings (SSSR count). The van der Waals surface area contributed by atoms with E-state index in [9.17, 15) is 0 Å². The molecule has 0 aliphatic heterocycles. The molecule has 0 unspecified atom stereocenters. The van der Waals surface area contributed by atoms with E-state index in [1.165, 1.54) is 22.8 Å². The van der Waals surface area contributed by atoms with Crippen LogP contribution >= 0.6 is 0 Å². The van der Waals surface area contributed by atoms with Crippen LogP contribution < -0.4 is 4.90 Å². The van der Waals surface area contributed by atoms with Gasteiger partial charge in [-0.3, -0.25) is 0 Å². The Morgan fingerprint density at radius 1 is 0.750 bits per heavy atom. The van der Waals surface area contributed by atoms with Crippen LogP contribution in [0.15, 0.2) is 72.9 Å². The molecule has 2 nitrogen and oxygen atoms in total. The van der Waals surface area contributed by atoms with Gasteiger partial charge in [-0.1, -0.05) is 36.4 Å². The molecule has 0 amide bonds. The van der Waals surface area contributed by atoms with Gasteiger partial charge in [-0.25, -0.2) is 0 Å². The first kappa shape index (κ1) is 12.5. The van der Waals surface area contributed by atoms with Crippen LogP contribution in [0, 0.1) is 6.92 Å². The standard InChI is InChI=1S/C18H18N2/c1-15-13-18(14-19(15)2)20(16-9-5-3-6-10-16)17-11-7-4-8-12-17/h3-14H,1-2H3. The van der Waals surface area contributed by atoms with Gasteiger partial charge in [0.05, 0.1) is 5.69 Å². The van der Waals surface area contributed by atoms with E-state index in [1.807, 2.05) is 12.1 Å². The van der Waals surface area contributed by atoms with E-state index in [0.29, 0.717) is 0 Å². The molecule has 100 valence electrons. The number of aromatic nitrogens is 1. The summed E-state index contributed by atoms with van der Waals surface area (Å²) in [6, 6.07) is 23.1. The van der Waals surface area contributed by atoms with Crippen LogP contribution in [0.5, 0.6) is 0 Å². The Bertz CT molecular complexity index is 625. The zero-order valence-corrected chi connectivity index (χ0v) is 11.8. The average molecular weight is 262 g/mol. The molecule has 0 atom stereocenters. The lowest BCUT2D eigenvalue weighted by Crippen LogP contribution is -2.08. The van der Waals surface area contributed by atoms with Gasteiger partial charge in [-0.2, -0.15) is 0 Å². The van der Waals surface area contributed by atoms with Gasteiger partial charge in [0.15, 0.2) is 0 Å². The minimum Gasteiger partial charge on any atom is -0.353 e. The first-order chi connectivity index (χ1) is 9.75. The maximum Gasteiger partial charge on any atom is 0.0640 e. The molecule has 0 aliphatic carbocycles. The summed E-state index contributed by atoms with van der Waals surface area (Å²) in [5.74, 6) is 0. The molecule has 0 aliphatic rings. The predicted molar refractivity (Wildman–Crippen MR) is 84.8 cm³/mol. The summed E-state index contributed by atoms with van der Waals surface area (Å²) in [5, 5.41) is 0. The van der Waals surface area contributed by atoms with E-state index in [1.54, 1.807) is 0 Å². The van der Waals surface area contributed by atoms with Crippen molar-refractivity contribution < 1.29 is 0 Å². The molecule has 2 aromatic carbocycles. The fourth-order valence-electron chi connectivity index (χ4n) is 2.38. The first-order valence-electron chi connectivity index (χ1n) is 6.79. The fraction of sp³-hybridized carbons (Fsp3) is 0.111. The van der Waals surface area contributed by atoms with E-state index in [4.69, 9.17) is 0 Å². The molecule has 0 fully saturated rings. The second-order valence-electron chi connectivity index (χ2n) is 4.96. The number of hydrogen-bond acceptors (Lipinski definition) is 1. The zero-order chi connectivity index (χ0) is 13.9. The quantitative estimate of drug-likeness (QED) is 0.658. The van der Waals surface area contributed by atoms with E-state index >= 15 is 0 Å². The SMILES string of the molecule is Cc1cc(N(c2ccccc2)c2ccccc2)cn1C. The first-order valence-corrected chi connectivity index (χ1v) is 6.79. The fourth-order valence-corrected chi connectivity index (χ4v) is 2.38. The Balaban J connectivity index is 2.14. The molecule has 0 N–H and O–H groups in total. The van der Waals surface area contributed by atoms with Crippen LogP contribution in [0.25, 0.3) is 0 Å². The highest BCUT2D eigenvalue weighted by atomic mass is 15.2. The minimum atomic E-state index is 1.17. The number of aryl methyl sites for hydroxylation is 2. The molecule has 1 aromatic heterocycles. The van der Waals surface area contributed by atoms with Gasteiger partial charge in [0.2, 0.25) is 0 Å². The molecule has 0 saturated carbocycles. The van der Waals surface area contributed by atoms with Crippen molar-refractivity contribution in [2.45, 2.75) is 6.92 Å². The number of anilines is 3. The molecule has 0 radical (unpaired) electrons. The van der Waals surface area contributed by atoms with E-state index in [2.05, 4.69) is 84.2 Å². The number of rotatable bonds is 3. The Hall–Kier alpha value is -2.48. The van der Waals surface area contributed by atoms with E-state index in [-0.39, 0.29) is 0 Å². The largest absolute Gasteiger partial charge is 0.353 e. The highest BCUT2D eigenvalue weighted by Crippen LogP contribution is 2.34. The molecular weight excluding hydrogens is 244 g/mol. The van der Waals surface area contributed by atoms with Crippen LogP contribution in [-0.2, 0) is 7.05 Å². The molecule has 0 spiro atoms. The van der Waals surface area contributed by atoms with Gasteiger partial charge in [-0.15, -0.1) is 0 Å². The Labute approximate surface area is 119 Å². The van der Waals surface area contributed by atoms with Crippen molar-refractivity contribution in [1.29, 1.82) is 0 Å². The van der Waals surface area contributed by atoms with Gasteiger partial charge in [0.1, 0.15) is 0 Å². The van der Waals surface area contributed by atoms with Crippen LogP contribution in [-0.4, -0.2) is 4.57 Å². The summed E-state index contributed by atoms with van der Waals surface area (Å²) in [7, 11) is 2.08. The van der Waals surface area contributed by atoms with Gasteiger partial charge >= 0.3 is 0 Å². The minimum absolute atomic E-state index is 1.17. The summed E-state index contributed by atoms with van der Waals surface area (Å²) < 4.78 is 2.15. The maximum absolute atomic E-state index is 2.27. The maximum atomic E-state index is 2.27. The van der Waals surface area contributed by atoms with Crippen LogP contribution in [0.2, 0.25) is 0 Å². The number of nitrogens with zero attached hydrogens (tertiary/aromatic N) is 2. The summed E-state index contributed by atoms with van der Waals surface area (Å²) in [6.07, 6.45) is 2.16. The Morgan fingerprint density at radius 2 is 1.25 bits per heavy atom. The second kappa shape index (κ2) is 5.25. The third-order valence-corrected chi connectivity index (χ3v) is 3.53. The topological polar surface area (TPSA) is 8.17 Å². The van der Waals surface area contributed by atoms with Crippen molar-refractivity contribution in [3.05, 3.63) is 78.6 Å². The van der Waals surface area contributed by atoms with Gasteiger partial charge in [0, 0.05) is 30.3 Å². The van der Waals surface area contributed by atoms with E-state index < -0.39 is 0 Å². The van der Waals surface area contributed by atoms with Crippen molar-refractivity contribution in [3.8, 4) is 0 Å². The highest BCUT2D eigenvalue weighted by molar-refractivity contribution is 5.76. The predicted octanol–water partition coefficient (Wildman–Crippen LogP) is 4.80. The van der Waals surface area contributed by atoms with Crippen LogP contribution in [0.1, 0.15) is 5.69 Å². The van der Waals surface area contributed by atoms with Crippen molar-refractivity contribution in [3.63, 3.8) is 0 Å². The lowest BCUT2D eigenvalue weighted by Gasteiger charge is -2.23. The van der Waals surface area contributed by atoms with E-state index in [0.717, 1.165) is 0 Å². The van der Waals surface area contributed by atoms with Crippen molar-refractivity contribution in [2.75, 3.05) is 4.90 Å². The number of hydrogen-bond donors (Lipinski definition) is 0. The third-order valence-electron chi connectivity index (χ3n) is 3.53. The lowest BCUT2D eigenvalue weighted by molar-refractivity contribution is 0.882. The Kier molecular flexibility index (Phi) is 3.30. The highest BCUT2D eigenvalue weighted by Gasteiger charge is 2.13.